The van der Waals surface area contributed by atoms with E-state index < -0.39 is 0 Å². The van der Waals surface area contributed by atoms with Crippen molar-refractivity contribution in [2.75, 3.05) is 0 Å². The lowest BCUT2D eigenvalue weighted by molar-refractivity contribution is 0.451. The number of phenolic OH excluding ortho intramolecular Hbond substituents is 1. The number of hydrogen-bond acceptors (Lipinski definition) is 2. The molecule has 4 aliphatic carbocycles. The zero-order valence-electron chi connectivity index (χ0n) is 15.9. The third kappa shape index (κ3) is 4.06. The first kappa shape index (κ1) is 17.8. The molecule has 0 saturated heterocycles. The second-order valence-corrected chi connectivity index (χ2v) is 7.54. The predicted molar refractivity (Wildman–Crippen MR) is 111 cm³/mol. The largest absolute Gasteiger partial charge is 0.507 e. The quantitative estimate of drug-likeness (QED) is 0.679. The third-order valence-corrected chi connectivity index (χ3v) is 5.74. The van der Waals surface area contributed by atoms with Crippen molar-refractivity contribution in [3.63, 3.8) is 0 Å². The van der Waals surface area contributed by atoms with Crippen molar-refractivity contribution >= 4 is 0 Å². The summed E-state index contributed by atoms with van der Waals surface area (Å²) in [7, 11) is 0. The van der Waals surface area contributed by atoms with Gasteiger partial charge in [-0.3, -0.25) is 0 Å². The van der Waals surface area contributed by atoms with Crippen molar-refractivity contribution < 1.29 is 5.11 Å². The van der Waals surface area contributed by atoms with Gasteiger partial charge in [-0.2, -0.15) is 0 Å². The first-order valence-corrected chi connectivity index (χ1v) is 9.89. The number of hydrogen-bond donors (Lipinski definition) is 2. The summed E-state index contributed by atoms with van der Waals surface area (Å²) in [5.74, 6) is 0.482. The van der Waals surface area contributed by atoms with E-state index in [9.17, 15) is 5.11 Å². The molecule has 0 radical (unpaired) electrons. The highest BCUT2D eigenvalue weighted by atomic mass is 16.3. The van der Waals surface area contributed by atoms with Crippen LogP contribution in [0.2, 0.25) is 0 Å². The molecule has 0 amide bonds. The van der Waals surface area contributed by atoms with E-state index in [1.807, 2.05) is 6.07 Å². The van der Waals surface area contributed by atoms with Gasteiger partial charge in [-0.15, -0.1) is 0 Å². The van der Waals surface area contributed by atoms with Gasteiger partial charge in [0.05, 0.1) is 0 Å². The molecule has 4 aliphatic rings. The average Bonchev–Trinajstić information content (AvgIpc) is 2.70. The van der Waals surface area contributed by atoms with Crippen molar-refractivity contribution in [2.24, 2.45) is 0 Å². The van der Waals surface area contributed by atoms with Gasteiger partial charge in [0.15, 0.2) is 0 Å². The molecule has 1 atom stereocenters. The Bertz CT molecular complexity index is 900. The minimum absolute atomic E-state index is 0.243. The van der Waals surface area contributed by atoms with Crippen molar-refractivity contribution in [1.82, 2.24) is 5.32 Å². The van der Waals surface area contributed by atoms with E-state index in [-0.39, 0.29) is 6.04 Å². The zero-order valence-corrected chi connectivity index (χ0v) is 15.9. The van der Waals surface area contributed by atoms with Crippen LogP contribution in [0.1, 0.15) is 46.3 Å². The van der Waals surface area contributed by atoms with Crippen LogP contribution < -0.4 is 5.32 Å². The molecule has 0 aliphatic heterocycles. The summed E-state index contributed by atoms with van der Waals surface area (Å²) in [4.78, 5) is 0. The first-order valence-electron chi connectivity index (χ1n) is 9.89. The number of phenols is 1. The number of aromatic hydroxyl groups is 1. The number of nitrogens with one attached hydrogen (secondary N) is 1. The van der Waals surface area contributed by atoms with Crippen LogP contribution in [0.4, 0.5) is 0 Å². The minimum Gasteiger partial charge on any atom is -0.507 e. The smallest absolute Gasteiger partial charge is 0.123 e. The molecule has 0 aromatic heterocycles. The van der Waals surface area contributed by atoms with Gasteiger partial charge >= 0.3 is 0 Å². The third-order valence-electron chi connectivity index (χ3n) is 5.74. The Labute approximate surface area is 161 Å². The normalized spacial score (nSPS) is 14.6. The molecule has 0 heterocycles. The van der Waals surface area contributed by atoms with Crippen molar-refractivity contribution in [1.29, 1.82) is 0 Å². The van der Waals surface area contributed by atoms with Crippen LogP contribution in [-0.4, -0.2) is 5.11 Å². The van der Waals surface area contributed by atoms with Crippen LogP contribution >= 0.6 is 0 Å². The molecule has 138 valence electrons. The highest BCUT2D eigenvalue weighted by molar-refractivity contribution is 5.47. The molecule has 0 saturated carbocycles. The van der Waals surface area contributed by atoms with Crippen LogP contribution in [0.3, 0.4) is 0 Å². The topological polar surface area (TPSA) is 32.3 Å². The molecule has 27 heavy (non-hydrogen) atoms. The van der Waals surface area contributed by atoms with Crippen molar-refractivity contribution in [3.8, 4) is 5.75 Å². The molecule has 3 aromatic carbocycles. The first-order chi connectivity index (χ1) is 13.2. The van der Waals surface area contributed by atoms with E-state index in [1.165, 1.54) is 22.3 Å². The lowest BCUT2D eigenvalue weighted by Gasteiger charge is -2.20. The number of rotatable bonds is 4. The van der Waals surface area contributed by atoms with Gasteiger partial charge in [0.2, 0.25) is 0 Å². The van der Waals surface area contributed by atoms with E-state index in [2.05, 4.69) is 72.9 Å². The molecule has 7 rings (SSSR count). The van der Waals surface area contributed by atoms with Gasteiger partial charge in [-0.25, -0.2) is 0 Å². The SMILES string of the molecule is C[C@@H](NCc1c2ccc(c1O)CCc1ccc(cc1)CC2)c1ccccc1. The maximum Gasteiger partial charge on any atom is 0.123 e. The Kier molecular flexibility index (Phi) is 5.26. The molecule has 2 N–H and O–H groups in total. The Morgan fingerprint density at radius 1 is 0.778 bits per heavy atom. The fourth-order valence-corrected chi connectivity index (χ4v) is 3.91. The van der Waals surface area contributed by atoms with E-state index in [4.69, 9.17) is 0 Å². The summed E-state index contributed by atoms with van der Waals surface area (Å²) in [6.07, 6.45) is 3.78. The molecule has 3 aromatic rings. The van der Waals surface area contributed by atoms with Gasteiger partial charge in [0, 0.05) is 18.2 Å². The van der Waals surface area contributed by atoms with Crippen LogP contribution in [0.15, 0.2) is 66.7 Å². The second-order valence-electron chi connectivity index (χ2n) is 7.54. The molecule has 0 unspecified atom stereocenters. The van der Waals surface area contributed by atoms with Gasteiger partial charge in [-0.1, -0.05) is 66.7 Å². The molecular weight excluding hydrogens is 330 g/mol. The molecule has 0 spiro atoms. The van der Waals surface area contributed by atoms with E-state index >= 15 is 0 Å². The molecule has 4 bridgehead atoms. The Morgan fingerprint density at radius 2 is 1.37 bits per heavy atom. The van der Waals surface area contributed by atoms with Crippen molar-refractivity contribution in [3.05, 3.63) is 100 Å². The van der Waals surface area contributed by atoms with Crippen LogP contribution in [0.25, 0.3) is 0 Å². The average molecular weight is 357 g/mol. The van der Waals surface area contributed by atoms with Gasteiger partial charge in [0.25, 0.3) is 0 Å². The fraction of sp³-hybridized carbons (Fsp3) is 0.280. The Morgan fingerprint density at radius 3 is 2.04 bits per heavy atom. The van der Waals surface area contributed by atoms with Gasteiger partial charge < -0.3 is 10.4 Å². The summed E-state index contributed by atoms with van der Waals surface area (Å²) in [6, 6.07) is 24.0. The Hall–Kier alpha value is -2.58. The van der Waals surface area contributed by atoms with Crippen LogP contribution in [0, 0.1) is 0 Å². The monoisotopic (exact) mass is 357 g/mol. The molecular formula is C25H27NO. The number of benzene rings is 3. The summed E-state index contributed by atoms with van der Waals surface area (Å²) in [5, 5.41) is 14.6. The zero-order chi connectivity index (χ0) is 18.6. The van der Waals surface area contributed by atoms with E-state index in [1.54, 1.807) is 0 Å². The van der Waals surface area contributed by atoms with Crippen molar-refractivity contribution in [2.45, 2.75) is 45.2 Å². The van der Waals surface area contributed by atoms with Crippen LogP contribution in [0.5, 0.6) is 5.75 Å². The molecule has 0 fully saturated rings. The number of aryl methyl sites for hydroxylation is 4. The van der Waals surface area contributed by atoms with E-state index in [0.29, 0.717) is 12.3 Å². The van der Waals surface area contributed by atoms with Crippen LogP contribution in [-0.2, 0) is 32.2 Å². The minimum atomic E-state index is 0.243. The second kappa shape index (κ2) is 7.98. The summed E-state index contributed by atoms with van der Waals surface area (Å²) < 4.78 is 0. The highest BCUT2D eigenvalue weighted by Crippen LogP contribution is 2.30. The maximum atomic E-state index is 11.0. The molecule has 2 heteroatoms. The lowest BCUT2D eigenvalue weighted by atomic mass is 9.92. The summed E-state index contributed by atoms with van der Waals surface area (Å²) in [6.45, 7) is 2.86. The predicted octanol–water partition coefficient (Wildman–Crippen LogP) is 5.13. The highest BCUT2D eigenvalue weighted by Gasteiger charge is 2.15. The molecule has 2 nitrogen and oxygen atoms in total. The Balaban J connectivity index is 1.59. The lowest BCUT2D eigenvalue weighted by Crippen LogP contribution is -2.19. The van der Waals surface area contributed by atoms with E-state index in [0.717, 1.165) is 36.8 Å². The summed E-state index contributed by atoms with van der Waals surface area (Å²) in [5.41, 5.74) is 7.31. The maximum absolute atomic E-state index is 11.0. The van der Waals surface area contributed by atoms with Gasteiger partial charge in [0.1, 0.15) is 5.75 Å². The fourth-order valence-electron chi connectivity index (χ4n) is 3.91. The van der Waals surface area contributed by atoms with Gasteiger partial charge in [-0.05, 0) is 60.4 Å². The summed E-state index contributed by atoms with van der Waals surface area (Å²) >= 11 is 0. The standard InChI is InChI=1S/C25H27NO/c1-18(21-5-3-2-4-6-21)26-17-24-22-13-11-19-7-9-20(10-8-19)12-14-23(16-15-22)25(24)27/h2-10,15-16,18,26-27H,11-14,17H2,1H3/t18-/m1/s1.